The zero-order valence-corrected chi connectivity index (χ0v) is 15.2. The second-order valence-electron chi connectivity index (χ2n) is 6.14. The van der Waals surface area contributed by atoms with Crippen molar-refractivity contribution in [3.63, 3.8) is 0 Å². The third-order valence-electron chi connectivity index (χ3n) is 4.38. The predicted molar refractivity (Wildman–Crippen MR) is 99.2 cm³/mol. The van der Waals surface area contributed by atoms with Crippen molar-refractivity contribution in [3.05, 3.63) is 70.0 Å². The van der Waals surface area contributed by atoms with Crippen molar-refractivity contribution < 1.29 is 9.32 Å². The largest absolute Gasteiger partial charge is 0.337 e. The number of rotatable bonds is 3. The molecule has 1 fully saturated rings. The van der Waals surface area contributed by atoms with Crippen molar-refractivity contribution in [1.29, 1.82) is 0 Å². The lowest BCUT2D eigenvalue weighted by Gasteiger charge is -2.22. The molecule has 0 bridgehead atoms. The Hall–Kier alpha value is -2.37. The smallest absolute Gasteiger partial charge is 0.254 e. The van der Waals surface area contributed by atoms with Gasteiger partial charge in [-0.3, -0.25) is 4.79 Å². The predicted octanol–water partition coefficient (Wildman–Crippen LogP) is 5.02. The highest BCUT2D eigenvalue weighted by molar-refractivity contribution is 6.35. The monoisotopic (exact) mass is 387 g/mol. The number of hydrogen-bond acceptors (Lipinski definition) is 4. The Bertz CT molecular complexity index is 923. The van der Waals surface area contributed by atoms with E-state index in [2.05, 4.69) is 10.1 Å². The highest BCUT2D eigenvalue weighted by Crippen LogP contribution is 2.34. The molecule has 1 aliphatic rings. The number of carbonyl (C=O) groups is 1. The van der Waals surface area contributed by atoms with Gasteiger partial charge >= 0.3 is 0 Å². The van der Waals surface area contributed by atoms with Crippen LogP contribution in [0.3, 0.4) is 0 Å². The topological polar surface area (TPSA) is 59.2 Å². The van der Waals surface area contributed by atoms with E-state index in [1.165, 1.54) is 0 Å². The molecule has 1 amide bonds. The van der Waals surface area contributed by atoms with Crippen LogP contribution in [0.15, 0.2) is 53.1 Å². The lowest BCUT2D eigenvalue weighted by molar-refractivity contribution is 0.0710. The number of amides is 1. The van der Waals surface area contributed by atoms with E-state index in [0.29, 0.717) is 33.9 Å². The Kier molecular flexibility index (Phi) is 4.66. The molecular formula is C19H15Cl2N3O2. The number of benzene rings is 2. The molecule has 4 rings (SSSR count). The highest BCUT2D eigenvalue weighted by Gasteiger charge is 2.34. The summed E-state index contributed by atoms with van der Waals surface area (Å²) in [5, 5.41) is 4.92. The first kappa shape index (κ1) is 17.1. The van der Waals surface area contributed by atoms with Gasteiger partial charge in [0.1, 0.15) is 6.04 Å². The Morgan fingerprint density at radius 1 is 1.12 bits per heavy atom. The lowest BCUT2D eigenvalue weighted by atomic mass is 10.1. The minimum atomic E-state index is -0.245. The van der Waals surface area contributed by atoms with Gasteiger partial charge in [0.15, 0.2) is 0 Å². The summed E-state index contributed by atoms with van der Waals surface area (Å²) in [7, 11) is 0. The minimum absolute atomic E-state index is 0.142. The summed E-state index contributed by atoms with van der Waals surface area (Å²) in [6.45, 7) is 0.622. The molecule has 0 spiro atoms. The van der Waals surface area contributed by atoms with Gasteiger partial charge in [-0.1, -0.05) is 58.7 Å². The Balaban J connectivity index is 1.61. The molecule has 0 radical (unpaired) electrons. The Morgan fingerprint density at radius 3 is 2.58 bits per heavy atom. The van der Waals surface area contributed by atoms with Crippen LogP contribution in [0.4, 0.5) is 0 Å². The average molecular weight is 388 g/mol. The van der Waals surface area contributed by atoms with Crippen molar-refractivity contribution in [3.8, 4) is 11.4 Å². The maximum atomic E-state index is 12.9. The van der Waals surface area contributed by atoms with E-state index in [0.717, 1.165) is 18.4 Å². The van der Waals surface area contributed by atoms with Crippen molar-refractivity contribution in [2.24, 2.45) is 0 Å². The van der Waals surface area contributed by atoms with Gasteiger partial charge < -0.3 is 9.42 Å². The van der Waals surface area contributed by atoms with Crippen LogP contribution < -0.4 is 0 Å². The van der Waals surface area contributed by atoms with Crippen LogP contribution in [0.2, 0.25) is 10.0 Å². The molecule has 2 heterocycles. The van der Waals surface area contributed by atoms with E-state index in [4.69, 9.17) is 27.7 Å². The molecule has 3 aromatic rings. The lowest BCUT2D eigenvalue weighted by Crippen LogP contribution is -2.30. The zero-order chi connectivity index (χ0) is 18.1. The van der Waals surface area contributed by atoms with Crippen LogP contribution in [-0.4, -0.2) is 27.5 Å². The normalized spacial score (nSPS) is 16.8. The number of aromatic nitrogens is 2. The van der Waals surface area contributed by atoms with Crippen molar-refractivity contribution in [2.45, 2.75) is 18.9 Å². The standard InChI is InChI=1S/C19H15Cl2N3O2/c20-14-9-13(10-15(21)11-14)19(25)24-8-4-7-16(24)18-22-17(23-26-18)12-5-2-1-3-6-12/h1-3,5-6,9-11,16H,4,7-8H2/t16-/m1/s1. The first-order valence-electron chi connectivity index (χ1n) is 8.28. The van der Waals surface area contributed by atoms with Gasteiger partial charge in [0, 0.05) is 27.7 Å². The molecule has 1 atom stereocenters. The quantitative estimate of drug-likeness (QED) is 0.632. The first-order chi connectivity index (χ1) is 12.6. The number of carbonyl (C=O) groups excluding carboxylic acids is 1. The zero-order valence-electron chi connectivity index (χ0n) is 13.7. The molecule has 5 nitrogen and oxygen atoms in total. The van der Waals surface area contributed by atoms with Crippen LogP contribution in [0.25, 0.3) is 11.4 Å². The maximum Gasteiger partial charge on any atom is 0.254 e. The highest BCUT2D eigenvalue weighted by atomic mass is 35.5. The van der Waals surface area contributed by atoms with Crippen LogP contribution in [0, 0.1) is 0 Å². The van der Waals surface area contributed by atoms with Crippen molar-refractivity contribution in [1.82, 2.24) is 15.0 Å². The molecule has 132 valence electrons. The maximum absolute atomic E-state index is 12.9. The third kappa shape index (κ3) is 3.32. The molecule has 1 aromatic heterocycles. The number of halogens is 2. The molecule has 0 aliphatic carbocycles. The fourth-order valence-electron chi connectivity index (χ4n) is 3.18. The van der Waals surface area contributed by atoms with E-state index in [9.17, 15) is 4.79 Å². The summed E-state index contributed by atoms with van der Waals surface area (Å²) in [6, 6.07) is 14.2. The van der Waals surface area contributed by atoms with E-state index in [1.54, 1.807) is 23.1 Å². The van der Waals surface area contributed by atoms with Gasteiger partial charge in [0.2, 0.25) is 11.7 Å². The van der Waals surface area contributed by atoms with Gasteiger partial charge in [-0.2, -0.15) is 4.98 Å². The summed E-state index contributed by atoms with van der Waals surface area (Å²) in [4.78, 5) is 19.2. The summed E-state index contributed by atoms with van der Waals surface area (Å²) in [5.41, 5.74) is 1.33. The molecule has 2 aromatic carbocycles. The number of nitrogens with zero attached hydrogens (tertiary/aromatic N) is 3. The van der Waals surface area contributed by atoms with E-state index in [-0.39, 0.29) is 11.9 Å². The van der Waals surface area contributed by atoms with E-state index in [1.807, 2.05) is 30.3 Å². The summed E-state index contributed by atoms with van der Waals surface area (Å²) in [6.07, 6.45) is 1.64. The fraction of sp³-hybridized carbons (Fsp3) is 0.211. The van der Waals surface area contributed by atoms with Crippen molar-refractivity contribution >= 4 is 29.1 Å². The van der Waals surface area contributed by atoms with E-state index >= 15 is 0 Å². The van der Waals surface area contributed by atoms with Crippen molar-refractivity contribution in [2.75, 3.05) is 6.54 Å². The van der Waals surface area contributed by atoms with Crippen LogP contribution in [0.5, 0.6) is 0 Å². The summed E-state index contributed by atoms with van der Waals surface area (Å²) < 4.78 is 5.46. The van der Waals surface area contributed by atoms with Gasteiger partial charge in [0.05, 0.1) is 0 Å². The molecule has 0 N–H and O–H groups in total. The second-order valence-corrected chi connectivity index (χ2v) is 7.01. The number of hydrogen-bond donors (Lipinski definition) is 0. The Morgan fingerprint density at radius 2 is 1.85 bits per heavy atom. The molecule has 1 saturated heterocycles. The molecule has 7 heteroatoms. The van der Waals surface area contributed by atoms with Gasteiger partial charge in [-0.15, -0.1) is 0 Å². The molecular weight excluding hydrogens is 373 g/mol. The second kappa shape index (κ2) is 7.09. The molecule has 26 heavy (non-hydrogen) atoms. The summed E-state index contributed by atoms with van der Waals surface area (Å²) >= 11 is 12.1. The molecule has 0 saturated carbocycles. The average Bonchev–Trinajstić information content (AvgIpc) is 3.30. The molecule has 0 unspecified atom stereocenters. The number of likely N-dealkylation sites (tertiary alicyclic amines) is 1. The van der Waals surface area contributed by atoms with Gasteiger partial charge in [-0.05, 0) is 31.0 Å². The van der Waals surface area contributed by atoms with E-state index < -0.39 is 0 Å². The fourth-order valence-corrected chi connectivity index (χ4v) is 3.71. The third-order valence-corrected chi connectivity index (χ3v) is 4.82. The van der Waals surface area contributed by atoms with Crippen LogP contribution >= 0.6 is 23.2 Å². The van der Waals surface area contributed by atoms with Crippen LogP contribution in [-0.2, 0) is 0 Å². The minimum Gasteiger partial charge on any atom is -0.337 e. The van der Waals surface area contributed by atoms with Crippen LogP contribution in [0.1, 0.15) is 35.1 Å². The molecule has 1 aliphatic heterocycles. The SMILES string of the molecule is O=C(c1cc(Cl)cc(Cl)c1)N1CCC[C@@H]1c1nc(-c2ccccc2)no1. The van der Waals surface area contributed by atoms with Gasteiger partial charge in [-0.25, -0.2) is 0 Å². The van der Waals surface area contributed by atoms with Gasteiger partial charge in [0.25, 0.3) is 5.91 Å². The Labute approximate surface area is 160 Å². The summed E-state index contributed by atoms with van der Waals surface area (Å²) in [5.74, 6) is 0.824. The first-order valence-corrected chi connectivity index (χ1v) is 9.03.